The third-order valence-corrected chi connectivity index (χ3v) is 2.72. The summed E-state index contributed by atoms with van der Waals surface area (Å²) < 4.78 is 18.7. The molecule has 0 aromatic heterocycles. The molecule has 2 aromatic carbocycles. The number of nitrogens with one attached hydrogen (secondary N) is 1. The summed E-state index contributed by atoms with van der Waals surface area (Å²) in [6.45, 7) is 1.83. The van der Waals surface area contributed by atoms with E-state index >= 15 is 0 Å². The molecular formula is C15H14FNO2. The molecule has 0 spiro atoms. The van der Waals surface area contributed by atoms with Crippen LogP contribution in [0.4, 0.5) is 10.1 Å². The summed E-state index contributed by atoms with van der Waals surface area (Å²) in [4.78, 5) is 12.1. The van der Waals surface area contributed by atoms with Crippen molar-refractivity contribution in [2.75, 3.05) is 12.4 Å². The number of aryl methyl sites for hydroxylation is 1. The largest absolute Gasteiger partial charge is 0.496 e. The number of methoxy groups -OCH3 is 1. The number of carbonyl (C=O) groups is 1. The third kappa shape index (κ3) is 2.91. The molecule has 0 radical (unpaired) electrons. The van der Waals surface area contributed by atoms with Crippen molar-refractivity contribution >= 4 is 11.6 Å². The number of ether oxygens (including phenoxy) is 1. The molecule has 0 aliphatic heterocycles. The van der Waals surface area contributed by atoms with Crippen LogP contribution in [0.2, 0.25) is 0 Å². The van der Waals surface area contributed by atoms with Crippen molar-refractivity contribution in [2.45, 2.75) is 6.92 Å². The Morgan fingerprint density at radius 2 is 1.95 bits per heavy atom. The normalized spacial score (nSPS) is 10.1. The van der Waals surface area contributed by atoms with Gasteiger partial charge in [-0.3, -0.25) is 4.79 Å². The zero-order chi connectivity index (χ0) is 13.8. The molecule has 19 heavy (non-hydrogen) atoms. The molecule has 98 valence electrons. The summed E-state index contributed by atoms with van der Waals surface area (Å²) in [5, 5.41) is 2.55. The molecule has 0 unspecified atom stereocenters. The maximum Gasteiger partial charge on any atom is 0.259 e. The lowest BCUT2D eigenvalue weighted by Gasteiger charge is -2.10. The number of benzene rings is 2. The van der Waals surface area contributed by atoms with E-state index in [0.29, 0.717) is 11.3 Å². The van der Waals surface area contributed by atoms with Gasteiger partial charge in [0.25, 0.3) is 5.91 Å². The topological polar surface area (TPSA) is 38.3 Å². The maximum absolute atomic E-state index is 13.6. The lowest BCUT2D eigenvalue weighted by Crippen LogP contribution is -2.14. The Bertz CT molecular complexity index is 611. The van der Waals surface area contributed by atoms with Crippen molar-refractivity contribution in [3.05, 3.63) is 59.4 Å². The fourth-order valence-electron chi connectivity index (χ4n) is 1.76. The molecule has 0 bridgehead atoms. The van der Waals surface area contributed by atoms with Crippen LogP contribution in [0.5, 0.6) is 5.75 Å². The molecule has 1 N–H and O–H groups in total. The Morgan fingerprint density at radius 1 is 1.21 bits per heavy atom. The molecule has 2 aromatic rings. The molecule has 0 aliphatic carbocycles. The fourth-order valence-corrected chi connectivity index (χ4v) is 1.76. The van der Waals surface area contributed by atoms with Gasteiger partial charge in [0.1, 0.15) is 11.6 Å². The summed E-state index contributed by atoms with van der Waals surface area (Å²) in [7, 11) is 1.49. The number of anilines is 1. The highest BCUT2D eigenvalue weighted by molar-refractivity contribution is 6.06. The van der Waals surface area contributed by atoms with Gasteiger partial charge in [0.2, 0.25) is 0 Å². The van der Waals surface area contributed by atoms with Crippen LogP contribution >= 0.6 is 0 Å². The number of hydrogen-bond acceptors (Lipinski definition) is 2. The highest BCUT2D eigenvalue weighted by Crippen LogP contribution is 2.21. The number of rotatable bonds is 3. The van der Waals surface area contributed by atoms with Gasteiger partial charge in [0, 0.05) is 0 Å². The van der Waals surface area contributed by atoms with Gasteiger partial charge in [0.15, 0.2) is 0 Å². The summed E-state index contributed by atoms with van der Waals surface area (Å²) in [5.41, 5.74) is 1.40. The van der Waals surface area contributed by atoms with Crippen molar-refractivity contribution < 1.29 is 13.9 Å². The van der Waals surface area contributed by atoms with E-state index in [1.165, 1.54) is 13.2 Å². The van der Waals surface area contributed by atoms with Crippen LogP contribution in [-0.2, 0) is 0 Å². The monoisotopic (exact) mass is 259 g/mol. The van der Waals surface area contributed by atoms with Crippen molar-refractivity contribution in [1.29, 1.82) is 0 Å². The zero-order valence-corrected chi connectivity index (χ0v) is 10.7. The predicted octanol–water partition coefficient (Wildman–Crippen LogP) is 3.40. The highest BCUT2D eigenvalue weighted by Gasteiger charge is 2.13. The summed E-state index contributed by atoms with van der Waals surface area (Å²) in [6.07, 6.45) is 0. The first-order chi connectivity index (χ1) is 9.11. The number of para-hydroxylation sites is 1. The predicted molar refractivity (Wildman–Crippen MR) is 72.1 cm³/mol. The van der Waals surface area contributed by atoms with Crippen LogP contribution in [0.1, 0.15) is 15.9 Å². The van der Waals surface area contributed by atoms with E-state index in [0.717, 1.165) is 5.56 Å². The summed E-state index contributed by atoms with van der Waals surface area (Å²) in [6, 6.07) is 11.4. The van der Waals surface area contributed by atoms with Crippen molar-refractivity contribution in [3.63, 3.8) is 0 Å². The number of halogens is 1. The molecule has 1 amide bonds. The van der Waals surface area contributed by atoms with E-state index < -0.39 is 11.7 Å². The van der Waals surface area contributed by atoms with Gasteiger partial charge in [-0.2, -0.15) is 0 Å². The van der Waals surface area contributed by atoms with E-state index in [1.807, 2.05) is 6.92 Å². The third-order valence-electron chi connectivity index (χ3n) is 2.72. The summed E-state index contributed by atoms with van der Waals surface area (Å²) in [5.74, 6) is -0.413. The van der Waals surface area contributed by atoms with Crippen LogP contribution in [0.15, 0.2) is 42.5 Å². The average Bonchev–Trinajstić information content (AvgIpc) is 2.42. The molecule has 0 heterocycles. The molecule has 0 saturated carbocycles. The van der Waals surface area contributed by atoms with E-state index in [1.54, 1.807) is 36.4 Å². The van der Waals surface area contributed by atoms with E-state index in [9.17, 15) is 9.18 Å². The highest BCUT2D eigenvalue weighted by atomic mass is 19.1. The molecule has 4 heteroatoms. The Kier molecular flexibility index (Phi) is 3.80. The minimum atomic E-state index is -0.464. The van der Waals surface area contributed by atoms with Crippen LogP contribution in [0.3, 0.4) is 0 Å². The standard InChI is InChI=1S/C15H14FNO2/c1-10-7-8-12(16)13(9-10)17-15(18)11-5-3-4-6-14(11)19-2/h3-9H,1-2H3,(H,17,18). The second-order valence-corrected chi connectivity index (χ2v) is 4.14. The van der Waals surface area contributed by atoms with Crippen molar-refractivity contribution in [2.24, 2.45) is 0 Å². The van der Waals surface area contributed by atoms with Crippen molar-refractivity contribution in [1.82, 2.24) is 0 Å². The molecule has 2 rings (SSSR count). The molecule has 0 fully saturated rings. The summed E-state index contributed by atoms with van der Waals surface area (Å²) >= 11 is 0. The smallest absolute Gasteiger partial charge is 0.259 e. The zero-order valence-electron chi connectivity index (χ0n) is 10.7. The Balaban J connectivity index is 2.28. The molecule has 0 atom stereocenters. The van der Waals surface area contributed by atoms with Gasteiger partial charge in [-0.05, 0) is 36.8 Å². The number of amides is 1. The molecule has 0 aliphatic rings. The Morgan fingerprint density at radius 3 is 2.68 bits per heavy atom. The minimum Gasteiger partial charge on any atom is -0.496 e. The van der Waals surface area contributed by atoms with E-state index in [2.05, 4.69) is 5.32 Å². The van der Waals surface area contributed by atoms with Gasteiger partial charge in [-0.15, -0.1) is 0 Å². The van der Waals surface area contributed by atoms with Gasteiger partial charge in [-0.25, -0.2) is 4.39 Å². The maximum atomic E-state index is 13.6. The second-order valence-electron chi connectivity index (χ2n) is 4.14. The quantitative estimate of drug-likeness (QED) is 0.917. The molecule has 3 nitrogen and oxygen atoms in total. The molecular weight excluding hydrogens is 245 g/mol. The van der Waals surface area contributed by atoms with E-state index in [4.69, 9.17) is 4.74 Å². The second kappa shape index (κ2) is 5.52. The Labute approximate surface area is 111 Å². The van der Waals surface area contributed by atoms with E-state index in [-0.39, 0.29) is 5.69 Å². The van der Waals surface area contributed by atoms with Crippen molar-refractivity contribution in [3.8, 4) is 5.75 Å². The first kappa shape index (κ1) is 13.1. The lowest BCUT2D eigenvalue weighted by atomic mass is 10.1. The fraction of sp³-hybridized carbons (Fsp3) is 0.133. The number of hydrogen-bond donors (Lipinski definition) is 1. The van der Waals surface area contributed by atoms with Gasteiger partial charge < -0.3 is 10.1 Å². The minimum absolute atomic E-state index is 0.163. The average molecular weight is 259 g/mol. The number of carbonyl (C=O) groups excluding carboxylic acids is 1. The van der Waals surface area contributed by atoms with Crippen LogP contribution < -0.4 is 10.1 Å². The Hall–Kier alpha value is -2.36. The van der Waals surface area contributed by atoms with Crippen LogP contribution in [0.25, 0.3) is 0 Å². The first-order valence-electron chi connectivity index (χ1n) is 5.82. The molecule has 0 saturated heterocycles. The first-order valence-corrected chi connectivity index (χ1v) is 5.82. The van der Waals surface area contributed by atoms with Crippen LogP contribution in [0, 0.1) is 12.7 Å². The van der Waals surface area contributed by atoms with Crippen LogP contribution in [-0.4, -0.2) is 13.0 Å². The lowest BCUT2D eigenvalue weighted by molar-refractivity contribution is 0.102. The van der Waals surface area contributed by atoms with Gasteiger partial charge in [0.05, 0.1) is 18.4 Å². The SMILES string of the molecule is COc1ccccc1C(=O)Nc1cc(C)ccc1F. The van der Waals surface area contributed by atoms with Gasteiger partial charge >= 0.3 is 0 Å². The van der Waals surface area contributed by atoms with Gasteiger partial charge in [-0.1, -0.05) is 18.2 Å².